The van der Waals surface area contributed by atoms with Crippen LogP contribution in [0.3, 0.4) is 0 Å². The van der Waals surface area contributed by atoms with Crippen LogP contribution in [-0.2, 0) is 4.79 Å². The molecule has 2 N–H and O–H groups in total. The molecule has 0 aliphatic rings. The molecule has 5 nitrogen and oxygen atoms in total. The number of methoxy groups -OCH3 is 2. The lowest BCUT2D eigenvalue weighted by Crippen LogP contribution is -3.09. The van der Waals surface area contributed by atoms with E-state index in [0.717, 1.165) is 13.1 Å². The van der Waals surface area contributed by atoms with E-state index in [0.29, 0.717) is 23.6 Å². The fraction of sp³-hybridized carbons (Fsp3) is 0.562. The summed E-state index contributed by atoms with van der Waals surface area (Å²) in [6, 6.07) is 5.35. The van der Waals surface area contributed by atoms with Crippen LogP contribution < -0.4 is 19.7 Å². The van der Waals surface area contributed by atoms with Crippen molar-refractivity contribution in [2.75, 3.05) is 39.7 Å². The zero-order chi connectivity index (χ0) is 15.7. The molecule has 0 fully saturated rings. The monoisotopic (exact) mass is 295 g/mol. The molecule has 21 heavy (non-hydrogen) atoms. The molecule has 0 aliphatic carbocycles. The highest BCUT2D eigenvalue weighted by Gasteiger charge is 2.09. The normalized spacial score (nSPS) is 11.8. The summed E-state index contributed by atoms with van der Waals surface area (Å²) < 4.78 is 10.4. The minimum absolute atomic E-state index is 0.0150. The predicted octanol–water partition coefficient (Wildman–Crippen LogP) is 1.35. The van der Waals surface area contributed by atoms with E-state index in [1.54, 1.807) is 32.4 Å². The predicted molar refractivity (Wildman–Crippen MR) is 84.3 cm³/mol. The molecule has 0 radical (unpaired) electrons. The van der Waals surface area contributed by atoms with Crippen LogP contribution in [0.4, 0.5) is 5.69 Å². The molecule has 0 saturated heterocycles. The Morgan fingerprint density at radius 2 is 1.76 bits per heavy atom. The first-order chi connectivity index (χ1) is 10.1. The number of hydrogen-bond donors (Lipinski definition) is 2. The van der Waals surface area contributed by atoms with E-state index in [9.17, 15) is 4.79 Å². The largest absolute Gasteiger partial charge is 0.497 e. The van der Waals surface area contributed by atoms with E-state index < -0.39 is 0 Å². The lowest BCUT2D eigenvalue weighted by Gasteiger charge is -2.14. The van der Waals surface area contributed by atoms with Crippen molar-refractivity contribution in [1.82, 2.24) is 0 Å². The first-order valence-electron chi connectivity index (χ1n) is 7.43. The second-order valence-corrected chi connectivity index (χ2v) is 5.21. The number of carbonyl (C=O) groups excluding carboxylic acids is 1. The molecule has 5 heteroatoms. The lowest BCUT2D eigenvalue weighted by molar-refractivity contribution is -0.879. The van der Waals surface area contributed by atoms with Crippen molar-refractivity contribution in [3.63, 3.8) is 0 Å². The maximum atomic E-state index is 12.0. The van der Waals surface area contributed by atoms with E-state index in [4.69, 9.17) is 9.47 Å². The molecule has 0 heterocycles. The average molecular weight is 295 g/mol. The number of rotatable bonds is 9. The van der Waals surface area contributed by atoms with E-state index >= 15 is 0 Å². The Morgan fingerprint density at radius 1 is 1.14 bits per heavy atom. The molecule has 1 atom stereocenters. The number of benzene rings is 1. The number of quaternary nitrogens is 1. The van der Waals surface area contributed by atoms with Crippen LogP contribution in [0, 0.1) is 0 Å². The van der Waals surface area contributed by atoms with E-state index in [1.165, 1.54) is 17.7 Å². The van der Waals surface area contributed by atoms with Crippen LogP contribution in [0.1, 0.15) is 26.2 Å². The van der Waals surface area contributed by atoms with Crippen LogP contribution in [-0.4, -0.2) is 40.3 Å². The van der Waals surface area contributed by atoms with Crippen molar-refractivity contribution in [1.29, 1.82) is 0 Å². The van der Waals surface area contributed by atoms with Gasteiger partial charge in [0.25, 0.3) is 0 Å². The van der Waals surface area contributed by atoms with Crippen LogP contribution in [0.15, 0.2) is 18.2 Å². The molecule has 1 aromatic carbocycles. The molecular weight excluding hydrogens is 268 g/mol. The Balaban J connectivity index is 2.50. The Hall–Kier alpha value is -1.75. The molecule has 1 unspecified atom stereocenters. The third kappa shape index (κ3) is 6.49. The van der Waals surface area contributed by atoms with Gasteiger partial charge in [-0.25, -0.2) is 0 Å². The fourth-order valence-corrected chi connectivity index (χ4v) is 2.03. The molecular formula is C16H27N2O3+. The molecule has 0 spiro atoms. The summed E-state index contributed by atoms with van der Waals surface area (Å²) >= 11 is 0. The van der Waals surface area contributed by atoms with Crippen molar-refractivity contribution in [2.45, 2.75) is 26.2 Å². The van der Waals surface area contributed by atoms with E-state index in [2.05, 4.69) is 19.3 Å². The van der Waals surface area contributed by atoms with Gasteiger partial charge in [0.05, 0.1) is 40.8 Å². The van der Waals surface area contributed by atoms with E-state index in [1.807, 2.05) is 0 Å². The number of nitrogens with one attached hydrogen (secondary N) is 2. The average Bonchev–Trinajstić information content (AvgIpc) is 2.50. The summed E-state index contributed by atoms with van der Waals surface area (Å²) in [6.45, 7) is 4.12. The van der Waals surface area contributed by atoms with Gasteiger partial charge in [0.2, 0.25) is 5.91 Å². The number of carbonyl (C=O) groups is 1. The molecule has 0 saturated carbocycles. The molecule has 1 rings (SSSR count). The highest BCUT2D eigenvalue weighted by molar-refractivity contribution is 5.91. The van der Waals surface area contributed by atoms with Crippen molar-refractivity contribution >= 4 is 11.6 Å². The van der Waals surface area contributed by atoms with Gasteiger partial charge in [0.15, 0.2) is 0 Å². The number of hydrogen-bond acceptors (Lipinski definition) is 3. The summed E-state index contributed by atoms with van der Waals surface area (Å²) in [5.74, 6) is 1.34. The van der Waals surface area contributed by atoms with Crippen molar-refractivity contribution in [3.05, 3.63) is 18.2 Å². The second-order valence-electron chi connectivity index (χ2n) is 5.21. The Kier molecular flexibility index (Phi) is 7.61. The maximum absolute atomic E-state index is 12.0. The topological polar surface area (TPSA) is 52.0 Å². The van der Waals surface area contributed by atoms with Gasteiger partial charge >= 0.3 is 0 Å². The van der Waals surface area contributed by atoms with Crippen molar-refractivity contribution < 1.29 is 19.2 Å². The summed E-state index contributed by atoms with van der Waals surface area (Å²) in [6.07, 6.45) is 2.89. The van der Waals surface area contributed by atoms with Gasteiger partial charge in [-0.15, -0.1) is 0 Å². The zero-order valence-electron chi connectivity index (χ0n) is 13.5. The summed E-state index contributed by atoms with van der Waals surface area (Å²) in [7, 11) is 5.30. The van der Waals surface area contributed by atoms with Crippen molar-refractivity contribution in [3.8, 4) is 11.5 Å². The summed E-state index contributed by atoms with van der Waals surface area (Å²) in [5.41, 5.74) is 0.697. The number of anilines is 1. The minimum Gasteiger partial charge on any atom is -0.497 e. The van der Waals surface area contributed by atoms with Crippen LogP contribution in [0.5, 0.6) is 11.5 Å². The van der Waals surface area contributed by atoms with Gasteiger partial charge in [0.1, 0.15) is 11.5 Å². The van der Waals surface area contributed by atoms with Crippen LogP contribution in [0.2, 0.25) is 0 Å². The number of ether oxygens (including phenoxy) is 2. The molecule has 118 valence electrons. The third-order valence-corrected chi connectivity index (χ3v) is 3.37. The van der Waals surface area contributed by atoms with Crippen LogP contribution in [0.25, 0.3) is 0 Å². The van der Waals surface area contributed by atoms with Gasteiger partial charge in [-0.2, -0.15) is 0 Å². The first kappa shape index (κ1) is 17.3. The Morgan fingerprint density at radius 3 is 2.29 bits per heavy atom. The first-order valence-corrected chi connectivity index (χ1v) is 7.43. The quantitative estimate of drug-likeness (QED) is 0.723. The Bertz CT molecular complexity index is 427. The summed E-state index contributed by atoms with van der Waals surface area (Å²) in [4.78, 5) is 13.4. The highest BCUT2D eigenvalue weighted by Crippen LogP contribution is 2.25. The fourth-order valence-electron chi connectivity index (χ4n) is 2.03. The van der Waals surface area contributed by atoms with Gasteiger partial charge in [-0.1, -0.05) is 13.3 Å². The lowest BCUT2D eigenvalue weighted by atomic mass is 10.2. The smallest absolute Gasteiger partial charge is 0.230 e. The van der Waals surface area contributed by atoms with Crippen LogP contribution >= 0.6 is 0 Å². The molecule has 0 aromatic heterocycles. The van der Waals surface area contributed by atoms with Gasteiger partial charge in [0, 0.05) is 23.9 Å². The zero-order valence-corrected chi connectivity index (χ0v) is 13.5. The van der Waals surface area contributed by atoms with Gasteiger partial charge in [-0.3, -0.25) is 4.79 Å². The highest BCUT2D eigenvalue weighted by atomic mass is 16.5. The maximum Gasteiger partial charge on any atom is 0.230 e. The van der Waals surface area contributed by atoms with E-state index in [-0.39, 0.29) is 5.91 Å². The standard InChI is InChI=1S/C16H26N2O3/c1-5-6-8-18(2)9-7-16(19)17-13-10-14(20-3)12-15(11-13)21-4/h10-12H,5-9H2,1-4H3,(H,17,19)/p+1. The number of unbranched alkanes of at least 4 members (excludes halogenated alkanes) is 1. The van der Waals surface area contributed by atoms with Gasteiger partial charge in [-0.05, 0) is 6.42 Å². The van der Waals surface area contributed by atoms with Gasteiger partial charge < -0.3 is 19.7 Å². The molecule has 0 aliphatic heterocycles. The molecule has 1 amide bonds. The Labute approximate surface area is 127 Å². The van der Waals surface area contributed by atoms with Crippen molar-refractivity contribution in [2.24, 2.45) is 0 Å². The molecule has 0 bridgehead atoms. The number of amides is 1. The summed E-state index contributed by atoms with van der Waals surface area (Å²) in [5, 5.41) is 2.89. The third-order valence-electron chi connectivity index (χ3n) is 3.37. The SMILES string of the molecule is CCCC[NH+](C)CCC(=O)Nc1cc(OC)cc(OC)c1. The minimum atomic E-state index is 0.0150. The molecule has 1 aromatic rings. The second kappa shape index (κ2) is 9.23.